The number of Topliss-reactive ketones (excluding diaryl/α,β-unsaturated/α-hetero) is 1. The minimum absolute atomic E-state index is 0.0984. The van der Waals surface area contributed by atoms with E-state index in [0.29, 0.717) is 0 Å². The summed E-state index contributed by atoms with van der Waals surface area (Å²) in [4.78, 5) is 12.0. The monoisotopic (exact) mass is 224 g/mol. The maximum Gasteiger partial charge on any atom is 0.169 e. The Morgan fingerprint density at radius 2 is 2.06 bits per heavy atom. The smallest absolute Gasteiger partial charge is 0.169 e. The van der Waals surface area contributed by atoms with Crippen LogP contribution in [0.3, 0.4) is 0 Å². The number of halogens is 2. The third kappa shape index (κ3) is 1.86. The van der Waals surface area contributed by atoms with Gasteiger partial charge in [-0.05, 0) is 30.9 Å². The lowest BCUT2D eigenvalue weighted by Crippen LogP contribution is -2.18. The van der Waals surface area contributed by atoms with Gasteiger partial charge in [-0.3, -0.25) is 4.79 Å². The molecule has 1 aromatic carbocycles. The maximum absolute atomic E-state index is 13.4. The van der Waals surface area contributed by atoms with E-state index in [2.05, 4.69) is 0 Å². The maximum atomic E-state index is 13.4. The molecule has 2 unspecified atom stereocenters. The molecule has 3 heteroatoms. The van der Waals surface area contributed by atoms with Gasteiger partial charge < -0.3 is 0 Å². The molecule has 0 amide bonds. The molecule has 1 fully saturated rings. The first-order valence-electron chi connectivity index (χ1n) is 5.59. The van der Waals surface area contributed by atoms with Crippen molar-refractivity contribution >= 4 is 5.78 Å². The van der Waals surface area contributed by atoms with Crippen LogP contribution in [0, 0.1) is 23.5 Å². The summed E-state index contributed by atoms with van der Waals surface area (Å²) in [6.07, 6.45) is 2.78. The van der Waals surface area contributed by atoms with E-state index in [9.17, 15) is 13.6 Å². The second-order valence-electron chi connectivity index (χ2n) is 4.48. The van der Waals surface area contributed by atoms with Gasteiger partial charge in [0.25, 0.3) is 0 Å². The van der Waals surface area contributed by atoms with Crippen LogP contribution < -0.4 is 0 Å². The van der Waals surface area contributed by atoms with Gasteiger partial charge in [0.15, 0.2) is 17.4 Å². The van der Waals surface area contributed by atoms with Gasteiger partial charge in [0.2, 0.25) is 0 Å². The van der Waals surface area contributed by atoms with Crippen LogP contribution in [0.15, 0.2) is 18.2 Å². The standard InChI is InChI=1S/C13H14F2O/c1-8-4-2-5-9(8)13(16)10-6-3-7-11(14)12(10)15/h3,6-9H,2,4-5H2,1H3. The summed E-state index contributed by atoms with van der Waals surface area (Å²) >= 11 is 0. The molecule has 2 rings (SSSR count). The van der Waals surface area contributed by atoms with E-state index in [0.717, 1.165) is 25.3 Å². The molecule has 0 saturated heterocycles. The molecule has 1 saturated carbocycles. The van der Waals surface area contributed by atoms with Crippen molar-refractivity contribution in [2.24, 2.45) is 11.8 Å². The fraction of sp³-hybridized carbons (Fsp3) is 0.462. The van der Waals surface area contributed by atoms with Crippen molar-refractivity contribution < 1.29 is 13.6 Å². The number of rotatable bonds is 2. The van der Waals surface area contributed by atoms with Crippen LogP contribution >= 0.6 is 0 Å². The normalized spacial score (nSPS) is 24.7. The molecule has 86 valence electrons. The zero-order valence-electron chi connectivity index (χ0n) is 9.17. The molecule has 0 N–H and O–H groups in total. The Morgan fingerprint density at radius 3 is 2.69 bits per heavy atom. The summed E-state index contributed by atoms with van der Waals surface area (Å²) in [6, 6.07) is 3.78. The number of benzene rings is 1. The molecule has 0 aromatic heterocycles. The zero-order chi connectivity index (χ0) is 11.7. The predicted octanol–water partition coefficient (Wildman–Crippen LogP) is 3.58. The molecule has 1 nitrogen and oxygen atoms in total. The fourth-order valence-electron chi connectivity index (χ4n) is 2.43. The van der Waals surface area contributed by atoms with Crippen LogP contribution in [0.5, 0.6) is 0 Å². The Balaban J connectivity index is 2.30. The van der Waals surface area contributed by atoms with E-state index in [1.54, 1.807) is 0 Å². The van der Waals surface area contributed by atoms with E-state index < -0.39 is 11.6 Å². The summed E-state index contributed by atoms with van der Waals surface area (Å²) < 4.78 is 26.4. The van der Waals surface area contributed by atoms with Gasteiger partial charge in [-0.2, -0.15) is 0 Å². The van der Waals surface area contributed by atoms with Crippen LogP contribution in [-0.4, -0.2) is 5.78 Å². The van der Waals surface area contributed by atoms with E-state index >= 15 is 0 Å². The lowest BCUT2D eigenvalue weighted by molar-refractivity contribution is 0.0892. The van der Waals surface area contributed by atoms with Crippen molar-refractivity contribution in [3.63, 3.8) is 0 Å². The van der Waals surface area contributed by atoms with E-state index in [1.165, 1.54) is 12.1 Å². The highest BCUT2D eigenvalue weighted by Gasteiger charge is 2.32. The zero-order valence-corrected chi connectivity index (χ0v) is 9.17. The molecule has 1 aliphatic rings. The highest BCUT2D eigenvalue weighted by molar-refractivity contribution is 5.98. The van der Waals surface area contributed by atoms with Crippen LogP contribution in [0.2, 0.25) is 0 Å². The minimum Gasteiger partial charge on any atom is -0.294 e. The molecular formula is C13H14F2O. The third-order valence-corrected chi connectivity index (χ3v) is 3.42. The summed E-state index contributed by atoms with van der Waals surface area (Å²) in [5, 5.41) is 0. The molecule has 2 atom stereocenters. The number of ketones is 1. The Kier molecular flexibility index (Phi) is 3.03. The van der Waals surface area contributed by atoms with Crippen LogP contribution in [-0.2, 0) is 0 Å². The average molecular weight is 224 g/mol. The fourth-order valence-corrected chi connectivity index (χ4v) is 2.43. The summed E-state index contributed by atoms with van der Waals surface area (Å²) in [7, 11) is 0. The van der Waals surface area contributed by atoms with Crippen LogP contribution in [0.4, 0.5) is 8.78 Å². The molecule has 1 aliphatic carbocycles. The number of hydrogen-bond acceptors (Lipinski definition) is 1. The van der Waals surface area contributed by atoms with E-state index in [4.69, 9.17) is 0 Å². The average Bonchev–Trinajstić information content (AvgIpc) is 2.68. The molecule has 16 heavy (non-hydrogen) atoms. The lowest BCUT2D eigenvalue weighted by atomic mass is 9.89. The lowest BCUT2D eigenvalue weighted by Gasteiger charge is -2.14. The first kappa shape index (κ1) is 11.2. The number of hydrogen-bond donors (Lipinski definition) is 0. The molecule has 0 radical (unpaired) electrons. The molecular weight excluding hydrogens is 210 g/mol. The van der Waals surface area contributed by atoms with Crippen molar-refractivity contribution in [3.05, 3.63) is 35.4 Å². The highest BCUT2D eigenvalue weighted by Crippen LogP contribution is 2.34. The summed E-state index contributed by atoms with van der Waals surface area (Å²) in [6.45, 7) is 1.99. The first-order chi connectivity index (χ1) is 7.61. The van der Waals surface area contributed by atoms with Crippen LogP contribution in [0.1, 0.15) is 36.5 Å². The topological polar surface area (TPSA) is 17.1 Å². The largest absolute Gasteiger partial charge is 0.294 e. The summed E-state index contributed by atoms with van der Waals surface area (Å²) in [5.74, 6) is -2.07. The van der Waals surface area contributed by atoms with E-state index in [1.807, 2.05) is 6.92 Å². The number of carbonyl (C=O) groups is 1. The van der Waals surface area contributed by atoms with Gasteiger partial charge in [0, 0.05) is 5.92 Å². The minimum atomic E-state index is -1.01. The third-order valence-electron chi connectivity index (χ3n) is 3.42. The Hall–Kier alpha value is -1.25. The molecule has 0 bridgehead atoms. The quantitative estimate of drug-likeness (QED) is 0.702. The van der Waals surface area contributed by atoms with Gasteiger partial charge in [0.05, 0.1) is 5.56 Å². The van der Waals surface area contributed by atoms with Crippen molar-refractivity contribution in [2.45, 2.75) is 26.2 Å². The van der Waals surface area contributed by atoms with Crippen molar-refractivity contribution in [1.82, 2.24) is 0 Å². The van der Waals surface area contributed by atoms with Gasteiger partial charge in [-0.15, -0.1) is 0 Å². The van der Waals surface area contributed by atoms with E-state index in [-0.39, 0.29) is 23.2 Å². The Labute approximate surface area is 93.5 Å². The van der Waals surface area contributed by atoms with Gasteiger partial charge in [-0.1, -0.05) is 19.4 Å². The molecule has 1 aromatic rings. The van der Waals surface area contributed by atoms with Crippen molar-refractivity contribution in [2.75, 3.05) is 0 Å². The SMILES string of the molecule is CC1CCCC1C(=O)c1cccc(F)c1F. The van der Waals surface area contributed by atoms with Gasteiger partial charge >= 0.3 is 0 Å². The second kappa shape index (κ2) is 4.32. The first-order valence-corrected chi connectivity index (χ1v) is 5.59. The molecule has 0 spiro atoms. The van der Waals surface area contributed by atoms with Gasteiger partial charge in [0.1, 0.15) is 0 Å². The Bertz CT molecular complexity index is 414. The number of carbonyl (C=O) groups excluding carboxylic acids is 1. The second-order valence-corrected chi connectivity index (χ2v) is 4.48. The Morgan fingerprint density at radius 1 is 1.31 bits per heavy atom. The summed E-state index contributed by atoms with van der Waals surface area (Å²) in [5.41, 5.74) is -0.0984. The van der Waals surface area contributed by atoms with Crippen LogP contribution in [0.25, 0.3) is 0 Å². The molecule has 0 heterocycles. The predicted molar refractivity (Wildman–Crippen MR) is 57.2 cm³/mol. The highest BCUT2D eigenvalue weighted by atomic mass is 19.2. The molecule has 0 aliphatic heterocycles. The van der Waals surface area contributed by atoms with Crippen molar-refractivity contribution in [3.8, 4) is 0 Å². The van der Waals surface area contributed by atoms with Gasteiger partial charge in [-0.25, -0.2) is 8.78 Å². The van der Waals surface area contributed by atoms with Crippen molar-refractivity contribution in [1.29, 1.82) is 0 Å².